The van der Waals surface area contributed by atoms with E-state index in [2.05, 4.69) is 60.3 Å². The van der Waals surface area contributed by atoms with Gasteiger partial charge >= 0.3 is 0 Å². The summed E-state index contributed by atoms with van der Waals surface area (Å²) in [5.41, 5.74) is 6.98. The number of halogens is 1. The maximum atomic E-state index is 5.94. The zero-order chi connectivity index (χ0) is 15.5. The van der Waals surface area contributed by atoms with Crippen molar-refractivity contribution >= 4 is 23.4 Å². The fourth-order valence-corrected chi connectivity index (χ4v) is 2.30. The Morgan fingerprint density at radius 3 is 2.43 bits per heavy atom. The van der Waals surface area contributed by atoms with E-state index in [0.717, 1.165) is 6.42 Å². The average Bonchev–Trinajstić information content (AvgIpc) is 2.37. The van der Waals surface area contributed by atoms with Gasteiger partial charge in [-0.15, -0.1) is 0 Å². The largest absolute Gasteiger partial charge is 0.368 e. The Hall–Kier alpha value is -1.81. The molecule has 0 spiro atoms. The predicted octanol–water partition coefficient (Wildman–Crippen LogP) is 3.78. The summed E-state index contributed by atoms with van der Waals surface area (Å²) in [4.78, 5) is 8.08. The van der Waals surface area contributed by atoms with Gasteiger partial charge in [0, 0.05) is 12.1 Å². The van der Waals surface area contributed by atoms with Crippen LogP contribution >= 0.6 is 11.6 Å². The monoisotopic (exact) mass is 304 g/mol. The first-order valence-electron chi connectivity index (χ1n) is 6.95. The standard InChI is InChI=1S/C16H21ClN4/c1-16(2,3)12(9-11-7-5-4-6-8-11)19-14-10-13(17)20-15(18)21-14/h4-8,10,12H,9H2,1-3H3,(H3,18,19,20,21)/t12-/m0/s1. The van der Waals surface area contributed by atoms with Gasteiger partial charge in [0.1, 0.15) is 11.0 Å². The van der Waals surface area contributed by atoms with Crippen molar-refractivity contribution in [3.63, 3.8) is 0 Å². The molecule has 0 amide bonds. The van der Waals surface area contributed by atoms with E-state index in [1.165, 1.54) is 5.56 Å². The fourth-order valence-electron chi connectivity index (χ4n) is 2.11. The highest BCUT2D eigenvalue weighted by atomic mass is 35.5. The van der Waals surface area contributed by atoms with Crippen LogP contribution in [0.1, 0.15) is 26.3 Å². The van der Waals surface area contributed by atoms with Gasteiger partial charge in [0.05, 0.1) is 0 Å². The van der Waals surface area contributed by atoms with Gasteiger partial charge in [-0.2, -0.15) is 4.98 Å². The van der Waals surface area contributed by atoms with Crippen LogP contribution in [0.5, 0.6) is 0 Å². The normalized spacial score (nSPS) is 13.0. The van der Waals surface area contributed by atoms with Crippen LogP contribution < -0.4 is 11.1 Å². The third kappa shape index (κ3) is 4.60. The summed E-state index contributed by atoms with van der Waals surface area (Å²) in [6.07, 6.45) is 0.895. The molecule has 3 N–H and O–H groups in total. The van der Waals surface area contributed by atoms with E-state index >= 15 is 0 Å². The lowest BCUT2D eigenvalue weighted by Gasteiger charge is -2.32. The Balaban J connectivity index is 2.21. The molecule has 0 aliphatic carbocycles. The van der Waals surface area contributed by atoms with Crippen molar-refractivity contribution in [2.24, 2.45) is 5.41 Å². The van der Waals surface area contributed by atoms with Crippen molar-refractivity contribution in [1.29, 1.82) is 0 Å². The van der Waals surface area contributed by atoms with Gasteiger partial charge in [0.25, 0.3) is 0 Å². The summed E-state index contributed by atoms with van der Waals surface area (Å²) in [7, 11) is 0. The van der Waals surface area contributed by atoms with Crippen LogP contribution in [0.25, 0.3) is 0 Å². The van der Waals surface area contributed by atoms with Crippen molar-refractivity contribution in [1.82, 2.24) is 9.97 Å². The first kappa shape index (κ1) is 15.6. The Kier molecular flexibility index (Phi) is 4.68. The van der Waals surface area contributed by atoms with Crippen LogP contribution in [-0.4, -0.2) is 16.0 Å². The van der Waals surface area contributed by atoms with Gasteiger partial charge in [0.15, 0.2) is 0 Å². The van der Waals surface area contributed by atoms with Gasteiger partial charge in [-0.3, -0.25) is 0 Å². The van der Waals surface area contributed by atoms with Gasteiger partial charge in [-0.1, -0.05) is 62.7 Å². The number of aromatic nitrogens is 2. The fraction of sp³-hybridized carbons (Fsp3) is 0.375. The molecule has 0 unspecified atom stereocenters. The van der Waals surface area contributed by atoms with Crippen molar-refractivity contribution in [2.45, 2.75) is 33.2 Å². The summed E-state index contributed by atoms with van der Waals surface area (Å²) in [5, 5.41) is 3.78. The van der Waals surface area contributed by atoms with Crippen molar-refractivity contribution < 1.29 is 0 Å². The lowest BCUT2D eigenvalue weighted by atomic mass is 9.83. The van der Waals surface area contributed by atoms with E-state index in [-0.39, 0.29) is 17.4 Å². The van der Waals surface area contributed by atoms with E-state index in [1.54, 1.807) is 6.07 Å². The van der Waals surface area contributed by atoms with Crippen LogP contribution in [0.4, 0.5) is 11.8 Å². The number of rotatable bonds is 4. The molecule has 4 nitrogen and oxygen atoms in total. The molecule has 1 aromatic heterocycles. The quantitative estimate of drug-likeness (QED) is 0.844. The van der Waals surface area contributed by atoms with Crippen molar-refractivity contribution in [3.8, 4) is 0 Å². The molecular formula is C16H21ClN4. The summed E-state index contributed by atoms with van der Waals surface area (Å²) >= 11 is 5.94. The van der Waals surface area contributed by atoms with E-state index in [1.807, 2.05) is 6.07 Å². The number of nitrogens with one attached hydrogen (secondary N) is 1. The van der Waals surface area contributed by atoms with Crippen LogP contribution in [-0.2, 0) is 6.42 Å². The number of benzene rings is 1. The molecule has 1 aromatic carbocycles. The minimum atomic E-state index is 0.0576. The molecule has 2 aromatic rings. The highest BCUT2D eigenvalue weighted by molar-refractivity contribution is 6.29. The zero-order valence-electron chi connectivity index (χ0n) is 12.6. The smallest absolute Gasteiger partial charge is 0.223 e. The van der Waals surface area contributed by atoms with Gasteiger partial charge in [0.2, 0.25) is 5.95 Å². The Morgan fingerprint density at radius 1 is 1.19 bits per heavy atom. The highest BCUT2D eigenvalue weighted by Gasteiger charge is 2.25. The number of hydrogen-bond acceptors (Lipinski definition) is 4. The second kappa shape index (κ2) is 6.31. The molecular weight excluding hydrogens is 284 g/mol. The summed E-state index contributed by atoms with van der Waals surface area (Å²) < 4.78 is 0. The molecule has 0 radical (unpaired) electrons. The highest BCUT2D eigenvalue weighted by Crippen LogP contribution is 2.26. The maximum absolute atomic E-state index is 5.94. The second-order valence-electron chi connectivity index (χ2n) is 6.19. The molecule has 1 heterocycles. The Morgan fingerprint density at radius 2 is 1.86 bits per heavy atom. The molecule has 21 heavy (non-hydrogen) atoms. The van der Waals surface area contributed by atoms with Crippen LogP contribution in [0.15, 0.2) is 36.4 Å². The number of nitrogens with two attached hydrogens (primary N) is 1. The zero-order valence-corrected chi connectivity index (χ0v) is 13.4. The average molecular weight is 305 g/mol. The maximum Gasteiger partial charge on any atom is 0.223 e. The summed E-state index contributed by atoms with van der Waals surface area (Å²) in [6.45, 7) is 6.58. The second-order valence-corrected chi connectivity index (χ2v) is 6.57. The lowest BCUT2D eigenvalue weighted by molar-refractivity contribution is 0.338. The van der Waals surface area contributed by atoms with E-state index < -0.39 is 0 Å². The topological polar surface area (TPSA) is 63.8 Å². The molecule has 0 fully saturated rings. The molecule has 0 aliphatic rings. The molecule has 0 bridgehead atoms. The first-order chi connectivity index (χ1) is 9.84. The van der Waals surface area contributed by atoms with Gasteiger partial charge in [-0.05, 0) is 17.4 Å². The molecule has 1 atom stereocenters. The number of nitrogens with zero attached hydrogens (tertiary/aromatic N) is 2. The van der Waals surface area contributed by atoms with Crippen molar-refractivity contribution in [2.75, 3.05) is 11.1 Å². The minimum Gasteiger partial charge on any atom is -0.368 e. The molecule has 0 saturated carbocycles. The predicted molar refractivity (Wildman–Crippen MR) is 88.5 cm³/mol. The van der Waals surface area contributed by atoms with Crippen LogP contribution in [0, 0.1) is 5.41 Å². The molecule has 112 valence electrons. The molecule has 0 saturated heterocycles. The summed E-state index contributed by atoms with van der Waals surface area (Å²) in [5.74, 6) is 0.834. The van der Waals surface area contributed by atoms with E-state index in [4.69, 9.17) is 17.3 Å². The Labute approximate surface area is 130 Å². The van der Waals surface area contributed by atoms with Crippen molar-refractivity contribution in [3.05, 3.63) is 47.1 Å². The van der Waals surface area contributed by atoms with E-state index in [0.29, 0.717) is 11.0 Å². The van der Waals surface area contributed by atoms with Crippen LogP contribution in [0.3, 0.4) is 0 Å². The van der Waals surface area contributed by atoms with Gasteiger partial charge < -0.3 is 11.1 Å². The van der Waals surface area contributed by atoms with E-state index in [9.17, 15) is 0 Å². The van der Waals surface area contributed by atoms with Crippen LogP contribution in [0.2, 0.25) is 5.15 Å². The molecule has 2 rings (SSSR count). The molecule has 5 heteroatoms. The van der Waals surface area contributed by atoms with Gasteiger partial charge in [-0.25, -0.2) is 4.98 Å². The summed E-state index contributed by atoms with van der Waals surface area (Å²) in [6, 6.07) is 12.3. The lowest BCUT2D eigenvalue weighted by Crippen LogP contribution is -2.36. The number of nitrogen functional groups attached to an aromatic ring is 1. The number of anilines is 2. The third-order valence-electron chi connectivity index (χ3n) is 3.36. The minimum absolute atomic E-state index is 0.0576. The SMILES string of the molecule is CC(C)(C)[C@H](Cc1ccccc1)Nc1cc(Cl)nc(N)n1. The first-order valence-corrected chi connectivity index (χ1v) is 7.33. The molecule has 0 aliphatic heterocycles. The number of hydrogen-bond donors (Lipinski definition) is 2. The Bertz CT molecular complexity index is 573. The third-order valence-corrected chi connectivity index (χ3v) is 3.56.